The zero-order chi connectivity index (χ0) is 17.6. The van der Waals surface area contributed by atoms with E-state index in [2.05, 4.69) is 0 Å². The highest BCUT2D eigenvalue weighted by Crippen LogP contribution is 2.49. The van der Waals surface area contributed by atoms with E-state index in [1.54, 1.807) is 20.8 Å². The molecule has 7 heteroatoms. The van der Waals surface area contributed by atoms with Crippen molar-refractivity contribution in [1.82, 2.24) is 4.90 Å². The lowest BCUT2D eigenvalue weighted by Crippen LogP contribution is -2.66. The smallest absolute Gasteiger partial charge is 0.419 e. The van der Waals surface area contributed by atoms with Crippen molar-refractivity contribution in [2.75, 3.05) is 6.54 Å². The Hall–Kier alpha value is -0.980. The number of nitrogens with zero attached hydrogens (tertiary/aromatic N) is 1. The van der Waals surface area contributed by atoms with Gasteiger partial charge in [0.05, 0.1) is 6.04 Å². The van der Waals surface area contributed by atoms with Crippen molar-refractivity contribution < 1.29 is 27.8 Å². The van der Waals surface area contributed by atoms with Crippen LogP contribution in [0.15, 0.2) is 0 Å². The van der Waals surface area contributed by atoms with Gasteiger partial charge in [0.2, 0.25) is 0 Å². The fraction of sp³-hybridized carbons (Fsp3) is 0.933. The standard InChI is InChI=1S/C15H26F3NO3/c1-12(2,3)14(21,15(16,17)18)10-8-7-9-19(10)11(20)22-13(4,5)6/h10,21H,7-9H2,1-6H3/t10-,14+/m1/s1. The molecule has 0 bridgehead atoms. The molecule has 22 heavy (non-hydrogen) atoms. The third-order valence-electron chi connectivity index (χ3n) is 3.94. The van der Waals surface area contributed by atoms with Gasteiger partial charge in [0, 0.05) is 12.0 Å². The molecule has 1 N–H and O–H groups in total. The van der Waals surface area contributed by atoms with Crippen LogP contribution in [0.2, 0.25) is 0 Å². The Morgan fingerprint density at radius 2 is 1.64 bits per heavy atom. The van der Waals surface area contributed by atoms with Crippen LogP contribution in [-0.4, -0.2) is 46.1 Å². The number of amides is 1. The number of aliphatic hydroxyl groups is 1. The number of likely N-dealkylation sites (tertiary alicyclic amines) is 1. The van der Waals surface area contributed by atoms with Crippen molar-refractivity contribution in [3.63, 3.8) is 0 Å². The first-order valence-electron chi connectivity index (χ1n) is 7.40. The first-order valence-corrected chi connectivity index (χ1v) is 7.40. The lowest BCUT2D eigenvalue weighted by molar-refractivity contribution is -0.311. The van der Waals surface area contributed by atoms with E-state index in [4.69, 9.17) is 4.74 Å². The van der Waals surface area contributed by atoms with Gasteiger partial charge in [0.25, 0.3) is 0 Å². The molecule has 0 saturated carbocycles. The molecule has 0 radical (unpaired) electrons. The lowest BCUT2D eigenvalue weighted by Gasteiger charge is -2.47. The second kappa shape index (κ2) is 5.58. The van der Waals surface area contributed by atoms with Crippen molar-refractivity contribution in [1.29, 1.82) is 0 Å². The number of hydrogen-bond acceptors (Lipinski definition) is 3. The molecule has 1 amide bonds. The molecule has 1 heterocycles. The summed E-state index contributed by atoms with van der Waals surface area (Å²) in [5.41, 5.74) is -5.27. The number of alkyl halides is 3. The minimum Gasteiger partial charge on any atom is -0.444 e. The number of carbonyl (C=O) groups excluding carboxylic acids is 1. The number of rotatable bonds is 1. The van der Waals surface area contributed by atoms with Gasteiger partial charge in [-0.05, 0) is 33.6 Å². The van der Waals surface area contributed by atoms with Crippen LogP contribution in [0, 0.1) is 5.41 Å². The molecule has 130 valence electrons. The molecule has 0 aromatic rings. The van der Waals surface area contributed by atoms with E-state index < -0.39 is 34.9 Å². The molecular formula is C15H26F3NO3. The van der Waals surface area contributed by atoms with Crippen molar-refractivity contribution in [2.45, 2.75) is 77.8 Å². The number of carbonyl (C=O) groups is 1. The van der Waals surface area contributed by atoms with Gasteiger partial charge >= 0.3 is 12.3 Å². The van der Waals surface area contributed by atoms with Crippen molar-refractivity contribution in [3.05, 3.63) is 0 Å². The summed E-state index contributed by atoms with van der Waals surface area (Å²) < 4.78 is 46.0. The second-order valence-electron chi connectivity index (χ2n) is 7.85. The molecule has 1 rings (SSSR count). The SMILES string of the molecule is CC(C)(C)OC(=O)N1CCC[C@@H]1[C@](O)(C(C)(C)C)C(F)(F)F. The zero-order valence-electron chi connectivity index (χ0n) is 14.0. The van der Waals surface area contributed by atoms with E-state index in [-0.39, 0.29) is 13.0 Å². The van der Waals surface area contributed by atoms with Gasteiger partial charge in [0.15, 0.2) is 5.60 Å². The third kappa shape index (κ3) is 3.50. The normalized spacial score (nSPS) is 23.4. The summed E-state index contributed by atoms with van der Waals surface area (Å²) in [5, 5.41) is 10.5. The van der Waals surface area contributed by atoms with Crippen LogP contribution in [0.25, 0.3) is 0 Å². The molecule has 1 aliphatic heterocycles. The molecule has 0 aromatic carbocycles. The maximum atomic E-state index is 13.6. The topological polar surface area (TPSA) is 49.8 Å². The van der Waals surface area contributed by atoms with E-state index in [0.29, 0.717) is 6.42 Å². The Balaban J connectivity index is 3.18. The van der Waals surface area contributed by atoms with Crippen LogP contribution in [-0.2, 0) is 4.74 Å². The van der Waals surface area contributed by atoms with E-state index in [0.717, 1.165) is 4.90 Å². The number of halogens is 3. The van der Waals surface area contributed by atoms with E-state index in [9.17, 15) is 23.1 Å². The van der Waals surface area contributed by atoms with Gasteiger partial charge in [-0.2, -0.15) is 13.2 Å². The number of hydrogen-bond donors (Lipinski definition) is 1. The molecule has 0 aliphatic carbocycles. The van der Waals surface area contributed by atoms with E-state index in [1.165, 1.54) is 20.8 Å². The minimum atomic E-state index is -4.85. The van der Waals surface area contributed by atoms with Gasteiger partial charge < -0.3 is 14.7 Å². The quantitative estimate of drug-likeness (QED) is 0.799. The molecule has 0 aromatic heterocycles. The van der Waals surface area contributed by atoms with Gasteiger partial charge in [-0.15, -0.1) is 0 Å². The van der Waals surface area contributed by atoms with Gasteiger partial charge in [0.1, 0.15) is 5.60 Å². The second-order valence-corrected chi connectivity index (χ2v) is 7.85. The van der Waals surface area contributed by atoms with Crippen molar-refractivity contribution in [3.8, 4) is 0 Å². The summed E-state index contributed by atoms with van der Waals surface area (Å²) in [7, 11) is 0. The molecule has 1 aliphatic rings. The maximum Gasteiger partial charge on any atom is 0.419 e. The fourth-order valence-corrected chi connectivity index (χ4v) is 2.85. The molecule has 2 atom stereocenters. The van der Waals surface area contributed by atoms with Crippen molar-refractivity contribution in [2.24, 2.45) is 5.41 Å². The van der Waals surface area contributed by atoms with Crippen LogP contribution in [0.4, 0.5) is 18.0 Å². The van der Waals surface area contributed by atoms with Crippen LogP contribution < -0.4 is 0 Å². The summed E-state index contributed by atoms with van der Waals surface area (Å²) in [4.78, 5) is 13.2. The molecule has 1 saturated heterocycles. The third-order valence-corrected chi connectivity index (χ3v) is 3.94. The summed E-state index contributed by atoms with van der Waals surface area (Å²) in [6, 6.07) is -1.35. The predicted octanol–water partition coefficient (Wildman–Crippen LogP) is 3.73. The van der Waals surface area contributed by atoms with Crippen LogP contribution in [0.5, 0.6) is 0 Å². The molecule has 0 spiro atoms. The monoisotopic (exact) mass is 325 g/mol. The highest BCUT2D eigenvalue weighted by Gasteiger charge is 2.67. The van der Waals surface area contributed by atoms with Gasteiger partial charge in [-0.1, -0.05) is 20.8 Å². The largest absolute Gasteiger partial charge is 0.444 e. The highest BCUT2D eigenvalue weighted by atomic mass is 19.4. The Morgan fingerprint density at radius 3 is 2.00 bits per heavy atom. The Labute approximate surface area is 129 Å². The average Bonchev–Trinajstić information content (AvgIpc) is 2.70. The predicted molar refractivity (Wildman–Crippen MR) is 76.4 cm³/mol. The van der Waals surface area contributed by atoms with Crippen LogP contribution in [0.3, 0.4) is 0 Å². The van der Waals surface area contributed by atoms with Crippen LogP contribution in [0.1, 0.15) is 54.4 Å². The summed E-state index contributed by atoms with van der Waals surface area (Å²) >= 11 is 0. The van der Waals surface area contributed by atoms with E-state index >= 15 is 0 Å². The Morgan fingerprint density at radius 1 is 1.14 bits per heavy atom. The molecule has 4 nitrogen and oxygen atoms in total. The summed E-state index contributed by atoms with van der Waals surface area (Å²) in [6.45, 7) is 9.07. The molecule has 0 unspecified atom stereocenters. The first kappa shape index (κ1) is 19.1. The van der Waals surface area contributed by atoms with Crippen LogP contribution >= 0.6 is 0 Å². The Kier molecular flexibility index (Phi) is 4.84. The Bertz CT molecular complexity index is 407. The van der Waals surface area contributed by atoms with Gasteiger partial charge in [-0.3, -0.25) is 0 Å². The zero-order valence-corrected chi connectivity index (χ0v) is 14.0. The summed E-state index contributed by atoms with van der Waals surface area (Å²) in [5.74, 6) is 0. The molecular weight excluding hydrogens is 299 g/mol. The average molecular weight is 325 g/mol. The highest BCUT2D eigenvalue weighted by molar-refractivity contribution is 5.69. The summed E-state index contributed by atoms with van der Waals surface area (Å²) in [6.07, 6.45) is -5.17. The first-order chi connectivity index (χ1) is 9.61. The van der Waals surface area contributed by atoms with Crippen molar-refractivity contribution >= 4 is 6.09 Å². The fourth-order valence-electron chi connectivity index (χ4n) is 2.85. The van der Waals surface area contributed by atoms with Gasteiger partial charge in [-0.25, -0.2) is 4.79 Å². The van der Waals surface area contributed by atoms with E-state index in [1.807, 2.05) is 0 Å². The minimum absolute atomic E-state index is 0.0898. The lowest BCUT2D eigenvalue weighted by atomic mass is 9.70. The molecule has 1 fully saturated rings. The number of ether oxygens (including phenoxy) is 1. The maximum absolute atomic E-state index is 13.6.